The highest BCUT2D eigenvalue weighted by Crippen LogP contribution is 2.41. The maximum absolute atomic E-state index is 6.13. The number of benzene rings is 2. The lowest BCUT2D eigenvalue weighted by Crippen LogP contribution is -2.19. The van der Waals surface area contributed by atoms with E-state index in [4.69, 9.17) is 14.2 Å². The van der Waals surface area contributed by atoms with Gasteiger partial charge in [-0.2, -0.15) is 0 Å². The van der Waals surface area contributed by atoms with E-state index in [9.17, 15) is 0 Å². The van der Waals surface area contributed by atoms with E-state index in [0.29, 0.717) is 12.5 Å². The van der Waals surface area contributed by atoms with Crippen molar-refractivity contribution in [3.05, 3.63) is 66.2 Å². The van der Waals surface area contributed by atoms with Crippen LogP contribution in [0.25, 0.3) is 0 Å². The third kappa shape index (κ3) is 3.34. The molecule has 0 radical (unpaired) electrons. The van der Waals surface area contributed by atoms with E-state index in [1.807, 2.05) is 24.3 Å². The predicted molar refractivity (Wildman–Crippen MR) is 91.7 cm³/mol. The summed E-state index contributed by atoms with van der Waals surface area (Å²) in [6.45, 7) is 6.40. The molecule has 2 unspecified atom stereocenters. The van der Waals surface area contributed by atoms with Crippen LogP contribution in [0.15, 0.2) is 55.1 Å². The van der Waals surface area contributed by atoms with E-state index in [1.54, 1.807) is 13.2 Å². The van der Waals surface area contributed by atoms with Crippen LogP contribution in [-0.2, 0) is 6.42 Å². The summed E-state index contributed by atoms with van der Waals surface area (Å²) >= 11 is 0. The molecule has 0 saturated carbocycles. The Morgan fingerprint density at radius 3 is 2.57 bits per heavy atom. The molecule has 2 aromatic carbocycles. The van der Waals surface area contributed by atoms with Crippen LogP contribution in [0.2, 0.25) is 0 Å². The Morgan fingerprint density at radius 1 is 1.13 bits per heavy atom. The van der Waals surface area contributed by atoms with Crippen molar-refractivity contribution in [3.63, 3.8) is 0 Å². The minimum Gasteiger partial charge on any atom is -0.497 e. The molecule has 0 fully saturated rings. The molecule has 1 aliphatic heterocycles. The van der Waals surface area contributed by atoms with Crippen molar-refractivity contribution in [3.8, 4) is 17.2 Å². The second-order valence-corrected chi connectivity index (χ2v) is 5.80. The monoisotopic (exact) mass is 310 g/mol. The first-order chi connectivity index (χ1) is 11.2. The summed E-state index contributed by atoms with van der Waals surface area (Å²) in [5.41, 5.74) is 2.46. The second kappa shape index (κ2) is 6.78. The van der Waals surface area contributed by atoms with Crippen LogP contribution in [0.3, 0.4) is 0 Å². The molecule has 0 bridgehead atoms. The van der Waals surface area contributed by atoms with Crippen molar-refractivity contribution in [1.29, 1.82) is 0 Å². The Hall–Kier alpha value is -2.42. The molecule has 3 heteroatoms. The van der Waals surface area contributed by atoms with Gasteiger partial charge in [0, 0.05) is 17.9 Å². The molecule has 2 aromatic rings. The first-order valence-electron chi connectivity index (χ1n) is 7.88. The fourth-order valence-electron chi connectivity index (χ4n) is 2.91. The molecule has 0 saturated heterocycles. The fraction of sp³-hybridized carbons (Fsp3) is 0.300. The van der Waals surface area contributed by atoms with Crippen molar-refractivity contribution in [1.82, 2.24) is 0 Å². The zero-order chi connectivity index (χ0) is 16.2. The van der Waals surface area contributed by atoms with Gasteiger partial charge in [0.2, 0.25) is 0 Å². The Labute approximate surface area is 137 Å². The smallest absolute Gasteiger partial charge is 0.123 e. The normalized spacial score (nSPS) is 18.9. The summed E-state index contributed by atoms with van der Waals surface area (Å²) < 4.78 is 17.0. The van der Waals surface area contributed by atoms with Crippen molar-refractivity contribution in [2.75, 3.05) is 13.7 Å². The molecule has 120 valence electrons. The number of rotatable bonds is 6. The Kier molecular flexibility index (Phi) is 4.56. The zero-order valence-electron chi connectivity index (χ0n) is 13.6. The van der Waals surface area contributed by atoms with Crippen LogP contribution in [-0.4, -0.2) is 19.8 Å². The lowest BCUT2D eigenvalue weighted by molar-refractivity contribution is 0.211. The van der Waals surface area contributed by atoms with Gasteiger partial charge < -0.3 is 14.2 Å². The van der Waals surface area contributed by atoms with Crippen molar-refractivity contribution < 1.29 is 14.2 Å². The lowest BCUT2D eigenvalue weighted by Gasteiger charge is -2.15. The molecule has 3 rings (SSSR count). The fourth-order valence-corrected chi connectivity index (χ4v) is 2.91. The van der Waals surface area contributed by atoms with E-state index in [-0.39, 0.29) is 6.10 Å². The highest BCUT2D eigenvalue weighted by molar-refractivity contribution is 5.46. The van der Waals surface area contributed by atoms with Crippen LogP contribution in [0.1, 0.15) is 24.0 Å². The Bertz CT molecular complexity index is 676. The highest BCUT2D eigenvalue weighted by atomic mass is 16.5. The van der Waals surface area contributed by atoms with Gasteiger partial charge in [0.25, 0.3) is 0 Å². The maximum Gasteiger partial charge on any atom is 0.123 e. The van der Waals surface area contributed by atoms with Gasteiger partial charge >= 0.3 is 0 Å². The second-order valence-electron chi connectivity index (χ2n) is 5.80. The van der Waals surface area contributed by atoms with E-state index in [0.717, 1.165) is 23.7 Å². The van der Waals surface area contributed by atoms with Gasteiger partial charge in [0.15, 0.2) is 0 Å². The van der Waals surface area contributed by atoms with Gasteiger partial charge in [0.05, 0.1) is 7.11 Å². The standard InChI is InChI=1S/C20H22O3/c1-4-11-22-17-9-10-19-18(13-17)14(2)20(23-19)12-15-5-7-16(21-3)8-6-15/h4-10,13-14,20H,1,11-12H2,2-3H3. The van der Waals surface area contributed by atoms with Gasteiger partial charge in [-0.25, -0.2) is 0 Å². The summed E-state index contributed by atoms with van der Waals surface area (Å²) in [5.74, 6) is 3.03. The molecule has 0 aromatic heterocycles. The summed E-state index contributed by atoms with van der Waals surface area (Å²) in [6, 6.07) is 14.2. The van der Waals surface area contributed by atoms with Gasteiger partial charge in [0.1, 0.15) is 30.0 Å². The van der Waals surface area contributed by atoms with E-state index < -0.39 is 0 Å². The molecule has 0 spiro atoms. The van der Waals surface area contributed by atoms with Gasteiger partial charge in [-0.1, -0.05) is 31.7 Å². The molecular weight excluding hydrogens is 288 g/mol. The third-order valence-corrected chi connectivity index (χ3v) is 4.27. The molecule has 23 heavy (non-hydrogen) atoms. The number of hydrogen-bond donors (Lipinski definition) is 0. The van der Waals surface area contributed by atoms with Gasteiger partial charge in [-0.15, -0.1) is 0 Å². The van der Waals surface area contributed by atoms with Crippen LogP contribution in [0.5, 0.6) is 17.2 Å². The average Bonchev–Trinajstić information content (AvgIpc) is 2.89. The minimum absolute atomic E-state index is 0.146. The quantitative estimate of drug-likeness (QED) is 0.742. The van der Waals surface area contributed by atoms with Crippen molar-refractivity contribution in [2.45, 2.75) is 25.4 Å². The van der Waals surface area contributed by atoms with Crippen molar-refractivity contribution in [2.24, 2.45) is 0 Å². The summed E-state index contributed by atoms with van der Waals surface area (Å²) in [5, 5.41) is 0. The first-order valence-corrected chi connectivity index (χ1v) is 7.88. The average molecular weight is 310 g/mol. The zero-order valence-corrected chi connectivity index (χ0v) is 13.6. The topological polar surface area (TPSA) is 27.7 Å². The lowest BCUT2D eigenvalue weighted by atomic mass is 9.93. The first kappa shape index (κ1) is 15.5. The number of ether oxygens (including phenoxy) is 3. The van der Waals surface area contributed by atoms with Crippen LogP contribution in [0.4, 0.5) is 0 Å². The van der Waals surface area contributed by atoms with Crippen LogP contribution >= 0.6 is 0 Å². The molecular formula is C20H22O3. The van der Waals surface area contributed by atoms with E-state index in [2.05, 4.69) is 31.7 Å². The molecule has 0 N–H and O–H groups in total. The Balaban J connectivity index is 1.72. The van der Waals surface area contributed by atoms with E-state index in [1.165, 1.54) is 11.1 Å². The molecule has 0 amide bonds. The van der Waals surface area contributed by atoms with Crippen molar-refractivity contribution >= 4 is 0 Å². The minimum atomic E-state index is 0.146. The third-order valence-electron chi connectivity index (χ3n) is 4.27. The summed E-state index contributed by atoms with van der Waals surface area (Å²) in [6.07, 6.45) is 2.77. The molecule has 3 nitrogen and oxygen atoms in total. The Morgan fingerprint density at radius 2 is 1.87 bits per heavy atom. The van der Waals surface area contributed by atoms with E-state index >= 15 is 0 Å². The molecule has 0 aliphatic carbocycles. The van der Waals surface area contributed by atoms with Crippen LogP contribution in [0, 0.1) is 0 Å². The largest absolute Gasteiger partial charge is 0.497 e. The molecule has 2 atom stereocenters. The molecule has 1 aliphatic rings. The predicted octanol–water partition coefficient (Wildman–Crippen LogP) is 4.37. The summed E-state index contributed by atoms with van der Waals surface area (Å²) in [7, 11) is 1.68. The highest BCUT2D eigenvalue weighted by Gasteiger charge is 2.31. The van der Waals surface area contributed by atoms with Gasteiger partial charge in [-0.05, 0) is 35.9 Å². The summed E-state index contributed by atoms with van der Waals surface area (Å²) in [4.78, 5) is 0. The SMILES string of the molecule is C=CCOc1ccc2c(c1)C(C)C(Cc1ccc(OC)cc1)O2. The van der Waals surface area contributed by atoms with Gasteiger partial charge in [-0.3, -0.25) is 0 Å². The maximum atomic E-state index is 6.13. The molecule has 1 heterocycles. The number of methoxy groups -OCH3 is 1. The number of fused-ring (bicyclic) bond motifs is 1. The van der Waals surface area contributed by atoms with Crippen LogP contribution < -0.4 is 14.2 Å². The number of hydrogen-bond acceptors (Lipinski definition) is 3.